The minimum Gasteiger partial charge on any atom is -0.349 e. The van der Waals surface area contributed by atoms with E-state index >= 15 is 0 Å². The van der Waals surface area contributed by atoms with Crippen LogP contribution in [0.5, 0.6) is 0 Å². The van der Waals surface area contributed by atoms with E-state index in [1.165, 1.54) is 6.92 Å². The number of hydrogen-bond donors (Lipinski definition) is 1. The maximum atomic E-state index is 13.2. The van der Waals surface area contributed by atoms with Gasteiger partial charge in [-0.1, -0.05) is 60.7 Å². The smallest absolute Gasteiger partial charge is 0.225 e. The highest BCUT2D eigenvalue weighted by molar-refractivity contribution is 5.79. The summed E-state index contributed by atoms with van der Waals surface area (Å²) in [5.41, 5.74) is 2.10. The van der Waals surface area contributed by atoms with Crippen molar-refractivity contribution in [2.24, 2.45) is 0 Å². The molecule has 0 radical (unpaired) electrons. The lowest BCUT2D eigenvalue weighted by Crippen LogP contribution is -2.50. The van der Waals surface area contributed by atoms with Gasteiger partial charge < -0.3 is 15.1 Å². The van der Waals surface area contributed by atoms with Crippen LogP contribution < -0.4 is 5.32 Å². The van der Waals surface area contributed by atoms with Crippen molar-refractivity contribution in [2.45, 2.75) is 25.4 Å². The van der Waals surface area contributed by atoms with Gasteiger partial charge in [-0.3, -0.25) is 9.59 Å². The van der Waals surface area contributed by atoms with E-state index in [1.807, 2.05) is 53.4 Å². The molecule has 1 saturated heterocycles. The van der Waals surface area contributed by atoms with Crippen molar-refractivity contribution in [2.75, 3.05) is 26.7 Å². The van der Waals surface area contributed by atoms with Crippen LogP contribution in [0.4, 0.5) is 0 Å². The second kappa shape index (κ2) is 8.82. The van der Waals surface area contributed by atoms with E-state index in [-0.39, 0.29) is 30.3 Å². The normalized spacial score (nSPS) is 18.7. The Bertz CT molecular complexity index is 764. The minimum absolute atomic E-state index is 0.0335. The number of likely N-dealkylation sites (N-methyl/N-ethyl adjacent to an activating group) is 1. The van der Waals surface area contributed by atoms with Crippen molar-refractivity contribution >= 4 is 11.8 Å². The van der Waals surface area contributed by atoms with Gasteiger partial charge in [0.1, 0.15) is 0 Å². The van der Waals surface area contributed by atoms with Crippen LogP contribution in [0.1, 0.15) is 36.6 Å². The Morgan fingerprint density at radius 1 is 1.04 bits per heavy atom. The lowest BCUT2D eigenvalue weighted by molar-refractivity contribution is -0.137. The molecule has 1 fully saturated rings. The molecule has 0 aliphatic carbocycles. The Morgan fingerprint density at radius 2 is 1.67 bits per heavy atom. The van der Waals surface area contributed by atoms with E-state index in [4.69, 9.17) is 0 Å². The first-order chi connectivity index (χ1) is 13.0. The summed E-state index contributed by atoms with van der Waals surface area (Å²) in [6.07, 6.45) is 0.261. The Morgan fingerprint density at radius 3 is 2.30 bits per heavy atom. The van der Waals surface area contributed by atoms with E-state index in [2.05, 4.69) is 29.4 Å². The van der Waals surface area contributed by atoms with E-state index < -0.39 is 0 Å². The Labute approximate surface area is 161 Å². The maximum Gasteiger partial charge on any atom is 0.225 e. The SMILES string of the molecule is CC(=O)N[C@@H](CC(=O)N1CCN(C)C[C@@H]1c1ccccc1)c1ccccc1. The fraction of sp³-hybridized carbons (Fsp3) is 0.364. The molecule has 2 amide bonds. The van der Waals surface area contributed by atoms with Gasteiger partial charge in [0.15, 0.2) is 0 Å². The molecule has 5 nitrogen and oxygen atoms in total. The number of nitrogens with zero attached hydrogens (tertiary/aromatic N) is 2. The number of nitrogens with one attached hydrogen (secondary N) is 1. The third-order valence-electron chi connectivity index (χ3n) is 5.05. The molecule has 2 aromatic carbocycles. The van der Waals surface area contributed by atoms with Crippen molar-refractivity contribution in [3.63, 3.8) is 0 Å². The monoisotopic (exact) mass is 365 g/mol. The molecular weight excluding hydrogens is 338 g/mol. The summed E-state index contributed by atoms with van der Waals surface area (Å²) in [6.45, 7) is 3.84. The first kappa shape index (κ1) is 19.1. The summed E-state index contributed by atoms with van der Waals surface area (Å²) in [6, 6.07) is 19.6. The fourth-order valence-corrected chi connectivity index (χ4v) is 3.65. The van der Waals surface area contributed by atoms with Crippen LogP contribution in [0.15, 0.2) is 60.7 Å². The molecule has 142 valence electrons. The van der Waals surface area contributed by atoms with Gasteiger partial charge in [-0.25, -0.2) is 0 Å². The van der Waals surface area contributed by atoms with E-state index in [0.717, 1.165) is 24.2 Å². The molecule has 0 saturated carbocycles. The number of carbonyl (C=O) groups is 2. The number of piperazine rings is 1. The lowest BCUT2D eigenvalue weighted by Gasteiger charge is -2.41. The van der Waals surface area contributed by atoms with Crippen LogP contribution in [-0.4, -0.2) is 48.3 Å². The Kier molecular flexibility index (Phi) is 6.24. The second-order valence-corrected chi connectivity index (χ2v) is 7.14. The molecule has 1 aliphatic heterocycles. The third kappa shape index (κ3) is 4.95. The summed E-state index contributed by atoms with van der Waals surface area (Å²) in [4.78, 5) is 29.1. The number of benzene rings is 2. The largest absolute Gasteiger partial charge is 0.349 e. The zero-order valence-electron chi connectivity index (χ0n) is 16.0. The summed E-state index contributed by atoms with van der Waals surface area (Å²) >= 11 is 0. The van der Waals surface area contributed by atoms with Crippen LogP contribution in [0.2, 0.25) is 0 Å². The van der Waals surface area contributed by atoms with E-state index in [1.54, 1.807) is 0 Å². The third-order valence-corrected chi connectivity index (χ3v) is 5.05. The number of hydrogen-bond acceptors (Lipinski definition) is 3. The fourth-order valence-electron chi connectivity index (χ4n) is 3.65. The molecule has 27 heavy (non-hydrogen) atoms. The molecule has 2 atom stereocenters. The first-order valence-corrected chi connectivity index (χ1v) is 9.39. The highest BCUT2D eigenvalue weighted by atomic mass is 16.2. The van der Waals surface area contributed by atoms with Gasteiger partial charge in [0, 0.05) is 26.6 Å². The lowest BCUT2D eigenvalue weighted by atomic mass is 9.99. The zero-order valence-corrected chi connectivity index (χ0v) is 16.0. The zero-order chi connectivity index (χ0) is 19.2. The molecule has 0 aromatic heterocycles. The average molecular weight is 365 g/mol. The molecule has 5 heteroatoms. The number of carbonyl (C=O) groups excluding carboxylic acids is 2. The molecular formula is C22H27N3O2. The van der Waals surface area contributed by atoms with Crippen LogP contribution in [-0.2, 0) is 9.59 Å². The molecule has 0 unspecified atom stereocenters. The van der Waals surface area contributed by atoms with Gasteiger partial charge in [0.05, 0.1) is 18.5 Å². The quantitative estimate of drug-likeness (QED) is 0.886. The van der Waals surface area contributed by atoms with Crippen LogP contribution >= 0.6 is 0 Å². The van der Waals surface area contributed by atoms with Crippen LogP contribution in [0.25, 0.3) is 0 Å². The summed E-state index contributed by atoms with van der Waals surface area (Å²) in [5.74, 6) is -0.0609. The number of amides is 2. The van der Waals surface area contributed by atoms with Gasteiger partial charge >= 0.3 is 0 Å². The van der Waals surface area contributed by atoms with Gasteiger partial charge in [-0.2, -0.15) is 0 Å². The van der Waals surface area contributed by atoms with E-state index in [0.29, 0.717) is 6.54 Å². The summed E-state index contributed by atoms with van der Waals surface area (Å²) in [5, 5.41) is 2.93. The van der Waals surface area contributed by atoms with Crippen molar-refractivity contribution in [3.8, 4) is 0 Å². The van der Waals surface area contributed by atoms with Crippen molar-refractivity contribution < 1.29 is 9.59 Å². The van der Waals surface area contributed by atoms with Crippen LogP contribution in [0.3, 0.4) is 0 Å². The average Bonchev–Trinajstić information content (AvgIpc) is 2.68. The molecule has 2 aromatic rings. The molecule has 1 N–H and O–H groups in total. The highest BCUT2D eigenvalue weighted by Crippen LogP contribution is 2.27. The number of rotatable bonds is 5. The van der Waals surface area contributed by atoms with Gasteiger partial charge in [-0.15, -0.1) is 0 Å². The van der Waals surface area contributed by atoms with E-state index in [9.17, 15) is 9.59 Å². The first-order valence-electron chi connectivity index (χ1n) is 9.39. The molecule has 0 bridgehead atoms. The predicted octanol–water partition coefficient (Wildman–Crippen LogP) is 2.77. The highest BCUT2D eigenvalue weighted by Gasteiger charge is 2.31. The molecule has 1 heterocycles. The topological polar surface area (TPSA) is 52.7 Å². The van der Waals surface area contributed by atoms with Gasteiger partial charge in [-0.05, 0) is 18.2 Å². The molecule has 0 spiro atoms. The molecule has 1 aliphatic rings. The maximum absolute atomic E-state index is 13.2. The Balaban J connectivity index is 1.80. The minimum atomic E-state index is -0.313. The van der Waals surface area contributed by atoms with Gasteiger partial charge in [0.2, 0.25) is 11.8 Å². The predicted molar refractivity (Wildman–Crippen MR) is 106 cm³/mol. The summed E-state index contributed by atoms with van der Waals surface area (Å²) < 4.78 is 0. The van der Waals surface area contributed by atoms with Gasteiger partial charge in [0.25, 0.3) is 0 Å². The molecule has 3 rings (SSSR count). The summed E-state index contributed by atoms with van der Waals surface area (Å²) in [7, 11) is 2.09. The van der Waals surface area contributed by atoms with Crippen molar-refractivity contribution in [1.82, 2.24) is 15.1 Å². The second-order valence-electron chi connectivity index (χ2n) is 7.14. The standard InChI is InChI=1S/C22H27N3O2/c1-17(26)23-20(18-9-5-3-6-10-18)15-22(27)25-14-13-24(2)16-21(25)19-11-7-4-8-12-19/h3-12,20-21H,13-16H2,1-2H3,(H,23,26)/t20-,21+/m0/s1. The van der Waals surface area contributed by atoms with Crippen molar-refractivity contribution in [3.05, 3.63) is 71.8 Å². The van der Waals surface area contributed by atoms with Crippen LogP contribution in [0, 0.1) is 0 Å². The Hall–Kier alpha value is -2.66. The van der Waals surface area contributed by atoms with Crippen molar-refractivity contribution in [1.29, 1.82) is 0 Å².